The van der Waals surface area contributed by atoms with E-state index in [0.29, 0.717) is 5.57 Å². The summed E-state index contributed by atoms with van der Waals surface area (Å²) >= 11 is 3.48. The van der Waals surface area contributed by atoms with Gasteiger partial charge in [0.15, 0.2) is 5.78 Å². The quantitative estimate of drug-likeness (QED) is 0.635. The van der Waals surface area contributed by atoms with E-state index in [0.717, 1.165) is 34.2 Å². The summed E-state index contributed by atoms with van der Waals surface area (Å²) in [6.45, 7) is 0. The second kappa shape index (κ2) is 8.69. The van der Waals surface area contributed by atoms with Crippen LogP contribution >= 0.6 is 15.9 Å². The lowest BCUT2D eigenvalue weighted by molar-refractivity contribution is -0.118. The maximum atomic E-state index is 12.7. The number of halogens is 1. The fourth-order valence-corrected chi connectivity index (χ4v) is 3.19. The highest BCUT2D eigenvalue weighted by molar-refractivity contribution is 9.10. The number of benzene rings is 2. The molecule has 0 N–H and O–H groups in total. The zero-order valence-corrected chi connectivity index (χ0v) is 16.1. The highest BCUT2D eigenvalue weighted by Crippen LogP contribution is 2.23. The zero-order valence-electron chi connectivity index (χ0n) is 14.5. The molecule has 1 atom stereocenters. The van der Waals surface area contributed by atoms with Crippen molar-refractivity contribution in [2.75, 3.05) is 7.11 Å². The molecule has 0 amide bonds. The summed E-state index contributed by atoms with van der Waals surface area (Å²) in [5, 5.41) is 0. The van der Waals surface area contributed by atoms with Crippen LogP contribution in [0.5, 0.6) is 5.75 Å². The Balaban J connectivity index is 1.74. The Morgan fingerprint density at radius 2 is 2.00 bits per heavy atom. The van der Waals surface area contributed by atoms with Gasteiger partial charge < -0.3 is 4.74 Å². The molecule has 2 aromatic carbocycles. The molecule has 0 heterocycles. The molecule has 1 unspecified atom stereocenters. The zero-order chi connectivity index (χ0) is 18.4. The van der Waals surface area contributed by atoms with Gasteiger partial charge in [0.25, 0.3) is 0 Å². The first-order valence-corrected chi connectivity index (χ1v) is 9.30. The lowest BCUT2D eigenvalue weighted by atomic mass is 9.87. The van der Waals surface area contributed by atoms with Crippen molar-refractivity contribution in [3.63, 3.8) is 0 Å². The molecule has 0 saturated heterocycles. The highest BCUT2D eigenvalue weighted by Gasteiger charge is 2.22. The third-order valence-corrected chi connectivity index (χ3v) is 4.94. The Bertz CT molecular complexity index is 928. The van der Waals surface area contributed by atoms with Crippen LogP contribution in [0, 0.1) is 17.8 Å². The average molecular weight is 407 g/mol. The normalized spacial score (nSPS) is 16.8. The fourth-order valence-electron chi connectivity index (χ4n) is 2.80. The van der Waals surface area contributed by atoms with E-state index in [1.807, 2.05) is 66.8 Å². The minimum atomic E-state index is -0.130. The minimum Gasteiger partial charge on any atom is -0.497 e. The van der Waals surface area contributed by atoms with Gasteiger partial charge >= 0.3 is 0 Å². The van der Waals surface area contributed by atoms with E-state index in [9.17, 15) is 4.79 Å². The molecule has 26 heavy (non-hydrogen) atoms. The summed E-state index contributed by atoms with van der Waals surface area (Å²) in [5.74, 6) is 6.92. The monoisotopic (exact) mass is 406 g/mol. The van der Waals surface area contributed by atoms with Crippen molar-refractivity contribution < 1.29 is 9.53 Å². The molecule has 130 valence electrons. The molecule has 0 bridgehead atoms. The fraction of sp³-hybridized carbons (Fsp3) is 0.174. The largest absolute Gasteiger partial charge is 0.497 e. The Hall–Kier alpha value is -2.57. The van der Waals surface area contributed by atoms with Crippen molar-refractivity contribution in [2.45, 2.75) is 12.8 Å². The van der Waals surface area contributed by atoms with Gasteiger partial charge in [-0.15, -0.1) is 0 Å². The summed E-state index contributed by atoms with van der Waals surface area (Å²) in [6, 6.07) is 15.6. The van der Waals surface area contributed by atoms with Gasteiger partial charge in [0.2, 0.25) is 0 Å². The van der Waals surface area contributed by atoms with Crippen LogP contribution in [0.15, 0.2) is 70.7 Å². The first-order valence-electron chi connectivity index (χ1n) is 8.50. The molecule has 2 nitrogen and oxygen atoms in total. The van der Waals surface area contributed by atoms with Crippen molar-refractivity contribution in [1.29, 1.82) is 0 Å². The number of ether oxygens (including phenoxy) is 1. The first kappa shape index (κ1) is 18.2. The molecule has 3 rings (SSSR count). The molecule has 0 spiro atoms. The summed E-state index contributed by atoms with van der Waals surface area (Å²) < 4.78 is 6.17. The van der Waals surface area contributed by atoms with Crippen LogP contribution in [0.1, 0.15) is 24.0 Å². The van der Waals surface area contributed by atoms with E-state index in [1.54, 1.807) is 7.11 Å². The third-order valence-electron chi connectivity index (χ3n) is 4.25. The van der Waals surface area contributed by atoms with Gasteiger partial charge in [0.1, 0.15) is 5.75 Å². The maximum absolute atomic E-state index is 12.7. The molecule has 0 fully saturated rings. The van der Waals surface area contributed by atoms with Gasteiger partial charge in [-0.2, -0.15) is 0 Å². The molecule has 2 aromatic rings. The third kappa shape index (κ3) is 4.53. The SMILES string of the molecule is COc1cccc(/C=C/C2CCC=C(C#Cc3ccccc3Br)C2=O)c1. The molecule has 0 saturated carbocycles. The van der Waals surface area contributed by atoms with Crippen molar-refractivity contribution >= 4 is 27.8 Å². The second-order valence-electron chi connectivity index (χ2n) is 6.03. The van der Waals surface area contributed by atoms with E-state index in [2.05, 4.69) is 27.8 Å². The Morgan fingerprint density at radius 1 is 1.15 bits per heavy atom. The number of methoxy groups -OCH3 is 1. The van der Waals surface area contributed by atoms with E-state index >= 15 is 0 Å². The summed E-state index contributed by atoms with van der Waals surface area (Å²) in [4.78, 5) is 12.7. The topological polar surface area (TPSA) is 26.3 Å². The predicted molar refractivity (Wildman–Crippen MR) is 109 cm³/mol. The number of hydrogen-bond acceptors (Lipinski definition) is 2. The molecule has 1 aliphatic rings. The Kier molecular flexibility index (Phi) is 6.09. The van der Waals surface area contributed by atoms with Gasteiger partial charge in [-0.05, 0) is 58.6 Å². The predicted octanol–water partition coefficient (Wildman–Crippen LogP) is 5.43. The van der Waals surface area contributed by atoms with E-state index in [4.69, 9.17) is 4.74 Å². The van der Waals surface area contributed by atoms with Crippen LogP contribution < -0.4 is 4.74 Å². The number of hydrogen-bond donors (Lipinski definition) is 0. The van der Waals surface area contributed by atoms with Crippen LogP contribution in [0.2, 0.25) is 0 Å². The number of rotatable bonds is 3. The van der Waals surface area contributed by atoms with Crippen molar-refractivity contribution in [1.82, 2.24) is 0 Å². The van der Waals surface area contributed by atoms with Gasteiger partial charge in [-0.25, -0.2) is 0 Å². The Labute approximate surface area is 162 Å². The lowest BCUT2D eigenvalue weighted by Crippen LogP contribution is -2.17. The standard InChI is InChI=1S/C23H19BrO2/c1-26-21-10-4-6-17(16-21)12-13-19-8-5-9-20(23(19)25)15-14-18-7-2-3-11-22(18)24/h2-4,6-7,9-13,16,19H,5,8H2,1H3/b13-12+. The maximum Gasteiger partial charge on any atom is 0.177 e. The number of carbonyl (C=O) groups excluding carboxylic acids is 1. The van der Waals surface area contributed by atoms with E-state index in [1.165, 1.54) is 0 Å². The van der Waals surface area contributed by atoms with Crippen molar-refractivity contribution in [2.24, 2.45) is 5.92 Å². The van der Waals surface area contributed by atoms with E-state index in [-0.39, 0.29) is 11.7 Å². The molecule has 0 radical (unpaired) electrons. The minimum absolute atomic E-state index is 0.0925. The molecule has 0 aromatic heterocycles. The van der Waals surface area contributed by atoms with Crippen LogP contribution in [0.4, 0.5) is 0 Å². The van der Waals surface area contributed by atoms with Crippen molar-refractivity contribution in [3.05, 3.63) is 81.9 Å². The van der Waals surface area contributed by atoms with Crippen molar-refractivity contribution in [3.8, 4) is 17.6 Å². The number of ketones is 1. The molecular formula is C23H19BrO2. The average Bonchev–Trinajstić information content (AvgIpc) is 2.67. The van der Waals surface area contributed by atoms with Crippen LogP contribution in [0.3, 0.4) is 0 Å². The summed E-state index contributed by atoms with van der Waals surface area (Å²) in [5.41, 5.74) is 2.51. The molecule has 3 heteroatoms. The smallest absolute Gasteiger partial charge is 0.177 e. The van der Waals surface area contributed by atoms with Gasteiger partial charge in [-0.3, -0.25) is 4.79 Å². The Morgan fingerprint density at radius 3 is 2.81 bits per heavy atom. The number of Topliss-reactive ketones (excluding diaryl/α,β-unsaturated/α-hetero) is 1. The van der Waals surface area contributed by atoms with E-state index < -0.39 is 0 Å². The number of allylic oxidation sites excluding steroid dienone is 3. The van der Waals surface area contributed by atoms with Gasteiger partial charge in [-0.1, -0.05) is 54.3 Å². The van der Waals surface area contributed by atoms with Crippen LogP contribution in [-0.4, -0.2) is 12.9 Å². The highest BCUT2D eigenvalue weighted by atomic mass is 79.9. The van der Waals surface area contributed by atoms with Gasteiger partial charge in [0, 0.05) is 16.0 Å². The van der Waals surface area contributed by atoms with Crippen LogP contribution in [0.25, 0.3) is 6.08 Å². The summed E-state index contributed by atoms with van der Waals surface area (Å²) in [6.07, 6.45) is 7.58. The molecule has 1 aliphatic carbocycles. The lowest BCUT2D eigenvalue weighted by Gasteiger charge is -2.15. The second-order valence-corrected chi connectivity index (χ2v) is 6.89. The van der Waals surface area contributed by atoms with Gasteiger partial charge in [0.05, 0.1) is 12.7 Å². The van der Waals surface area contributed by atoms with Crippen LogP contribution in [-0.2, 0) is 4.79 Å². The summed E-state index contributed by atoms with van der Waals surface area (Å²) in [7, 11) is 1.65. The molecule has 0 aliphatic heterocycles. The molecular weight excluding hydrogens is 388 g/mol. The number of carbonyl (C=O) groups is 1. The first-order chi connectivity index (χ1) is 12.7.